The number of rotatable bonds is 8. The van der Waals surface area contributed by atoms with Gasteiger partial charge in [-0.3, -0.25) is 9.59 Å². The first-order valence-electron chi connectivity index (χ1n) is 9.15. The highest BCUT2D eigenvalue weighted by Gasteiger charge is 2.12. The number of anilines is 1. The second kappa shape index (κ2) is 10.5. The number of nitrogens with one attached hydrogen (secondary N) is 2. The fraction of sp³-hybridized carbons (Fsp3) is 0.273. The Morgan fingerprint density at radius 1 is 1.17 bits per heavy atom. The van der Waals surface area contributed by atoms with Gasteiger partial charge in [0.1, 0.15) is 0 Å². The normalized spacial score (nSPS) is 10.8. The van der Waals surface area contributed by atoms with Crippen molar-refractivity contribution in [3.8, 4) is 11.5 Å². The number of halogens is 1. The summed E-state index contributed by atoms with van der Waals surface area (Å²) < 4.78 is 11.1. The number of ether oxygens (including phenoxy) is 2. The minimum absolute atomic E-state index is 0.186. The quantitative estimate of drug-likeness (QED) is 0.625. The van der Waals surface area contributed by atoms with E-state index in [4.69, 9.17) is 21.1 Å². The van der Waals surface area contributed by atoms with E-state index in [1.54, 1.807) is 49.5 Å². The molecule has 0 unspecified atom stereocenters. The van der Waals surface area contributed by atoms with Crippen molar-refractivity contribution in [3.05, 3.63) is 58.6 Å². The van der Waals surface area contributed by atoms with E-state index in [-0.39, 0.29) is 11.8 Å². The Kier molecular flexibility index (Phi) is 8.09. The number of carbonyl (C=O) groups is 2. The second-order valence-electron chi connectivity index (χ2n) is 6.72. The molecule has 0 saturated heterocycles. The Morgan fingerprint density at radius 2 is 1.86 bits per heavy atom. The summed E-state index contributed by atoms with van der Waals surface area (Å²) in [6, 6.07) is 10.1. The van der Waals surface area contributed by atoms with Crippen LogP contribution in [0.4, 0.5) is 5.69 Å². The molecule has 2 aromatic rings. The van der Waals surface area contributed by atoms with E-state index in [1.807, 2.05) is 13.8 Å². The highest BCUT2D eigenvalue weighted by Crippen LogP contribution is 2.37. The standard InChI is InChI=1S/C22H25ClN2O4/c1-14(2)13-29-21-18(23)11-15(12-19(21)28-4)5-10-20(26)25-17-8-6-16(7-9-17)22(27)24-3/h5-12,14H,13H2,1-4H3,(H,24,27)(H,25,26)/b10-5+. The third-order valence-electron chi connectivity index (χ3n) is 3.88. The van der Waals surface area contributed by atoms with Gasteiger partial charge < -0.3 is 20.1 Å². The molecule has 0 aliphatic rings. The first-order valence-corrected chi connectivity index (χ1v) is 9.53. The molecule has 2 N–H and O–H groups in total. The molecule has 154 valence electrons. The highest BCUT2D eigenvalue weighted by molar-refractivity contribution is 6.32. The zero-order valence-corrected chi connectivity index (χ0v) is 17.7. The van der Waals surface area contributed by atoms with Gasteiger partial charge in [-0.15, -0.1) is 0 Å². The lowest BCUT2D eigenvalue weighted by Gasteiger charge is -2.14. The zero-order chi connectivity index (χ0) is 21.4. The van der Waals surface area contributed by atoms with Crippen LogP contribution in [0.3, 0.4) is 0 Å². The summed E-state index contributed by atoms with van der Waals surface area (Å²) in [5.41, 5.74) is 1.80. The first-order chi connectivity index (χ1) is 13.8. The molecule has 29 heavy (non-hydrogen) atoms. The van der Waals surface area contributed by atoms with Crippen LogP contribution in [0, 0.1) is 5.92 Å². The topological polar surface area (TPSA) is 76.7 Å². The van der Waals surface area contributed by atoms with Gasteiger partial charge in [0.05, 0.1) is 18.7 Å². The van der Waals surface area contributed by atoms with Crippen LogP contribution in [0.25, 0.3) is 6.08 Å². The van der Waals surface area contributed by atoms with Gasteiger partial charge in [0.25, 0.3) is 5.91 Å². The fourth-order valence-corrected chi connectivity index (χ4v) is 2.70. The first kappa shape index (κ1) is 22.3. The molecule has 6 nitrogen and oxygen atoms in total. The predicted molar refractivity (Wildman–Crippen MR) is 116 cm³/mol. The van der Waals surface area contributed by atoms with E-state index < -0.39 is 0 Å². The van der Waals surface area contributed by atoms with E-state index in [0.29, 0.717) is 45.9 Å². The average Bonchev–Trinajstić information content (AvgIpc) is 2.70. The molecule has 0 aliphatic heterocycles. The smallest absolute Gasteiger partial charge is 0.251 e. The van der Waals surface area contributed by atoms with Crippen LogP contribution < -0.4 is 20.1 Å². The second-order valence-corrected chi connectivity index (χ2v) is 7.13. The summed E-state index contributed by atoms with van der Waals surface area (Å²) in [6.07, 6.45) is 3.03. The van der Waals surface area contributed by atoms with Crippen LogP contribution >= 0.6 is 11.6 Å². The van der Waals surface area contributed by atoms with Crippen LogP contribution in [-0.4, -0.2) is 32.6 Å². The Balaban J connectivity index is 2.07. The molecule has 0 heterocycles. The molecule has 0 radical (unpaired) electrons. The van der Waals surface area contributed by atoms with Gasteiger partial charge in [-0.2, -0.15) is 0 Å². The maximum atomic E-state index is 12.2. The molecule has 0 bridgehead atoms. The van der Waals surface area contributed by atoms with Gasteiger partial charge in [-0.05, 0) is 54.0 Å². The van der Waals surface area contributed by atoms with Gasteiger partial charge in [0.2, 0.25) is 5.91 Å². The Labute approximate surface area is 175 Å². The largest absolute Gasteiger partial charge is 0.493 e. The minimum atomic E-state index is -0.312. The molecule has 2 rings (SSSR count). The maximum Gasteiger partial charge on any atom is 0.251 e. The molecule has 7 heteroatoms. The van der Waals surface area contributed by atoms with E-state index >= 15 is 0 Å². The minimum Gasteiger partial charge on any atom is -0.493 e. The van der Waals surface area contributed by atoms with E-state index in [1.165, 1.54) is 13.2 Å². The van der Waals surface area contributed by atoms with Crippen LogP contribution in [0.1, 0.15) is 29.8 Å². The van der Waals surface area contributed by atoms with E-state index in [2.05, 4.69) is 10.6 Å². The van der Waals surface area contributed by atoms with Crippen molar-refractivity contribution in [1.29, 1.82) is 0 Å². The number of carbonyl (C=O) groups excluding carboxylic acids is 2. The SMILES string of the molecule is CNC(=O)c1ccc(NC(=O)/C=C/c2cc(Cl)c(OCC(C)C)c(OC)c2)cc1. The number of benzene rings is 2. The van der Waals surface area contributed by atoms with Crippen molar-refractivity contribution >= 4 is 35.2 Å². The third kappa shape index (κ3) is 6.54. The molecular formula is C22H25ClN2O4. The number of amides is 2. The zero-order valence-electron chi connectivity index (χ0n) is 16.9. The predicted octanol–water partition coefficient (Wildman–Crippen LogP) is 4.39. The summed E-state index contributed by atoms with van der Waals surface area (Å²) in [4.78, 5) is 23.7. The molecule has 0 fully saturated rings. The van der Waals surface area contributed by atoms with Gasteiger partial charge in [-0.25, -0.2) is 0 Å². The Morgan fingerprint density at radius 3 is 2.45 bits per heavy atom. The molecule has 0 aliphatic carbocycles. The van der Waals surface area contributed by atoms with E-state index in [0.717, 1.165) is 0 Å². The van der Waals surface area contributed by atoms with Crippen molar-refractivity contribution in [2.75, 3.05) is 26.1 Å². The highest BCUT2D eigenvalue weighted by atomic mass is 35.5. The van der Waals surface area contributed by atoms with Crippen LogP contribution in [0.2, 0.25) is 5.02 Å². The van der Waals surface area contributed by atoms with E-state index in [9.17, 15) is 9.59 Å². The number of hydrogen-bond acceptors (Lipinski definition) is 4. The van der Waals surface area contributed by atoms with Gasteiger partial charge >= 0.3 is 0 Å². The van der Waals surface area contributed by atoms with Crippen LogP contribution in [0.15, 0.2) is 42.5 Å². The maximum absolute atomic E-state index is 12.2. The summed E-state index contributed by atoms with van der Waals surface area (Å²) in [5, 5.41) is 5.69. The Bertz CT molecular complexity index is 892. The lowest BCUT2D eigenvalue weighted by molar-refractivity contribution is -0.111. The van der Waals surface area contributed by atoms with Gasteiger partial charge in [-0.1, -0.05) is 25.4 Å². The monoisotopic (exact) mass is 416 g/mol. The van der Waals surface area contributed by atoms with Crippen molar-refractivity contribution in [2.45, 2.75) is 13.8 Å². The fourth-order valence-electron chi connectivity index (χ4n) is 2.43. The van der Waals surface area contributed by atoms with Crippen molar-refractivity contribution in [2.24, 2.45) is 5.92 Å². The van der Waals surface area contributed by atoms with Gasteiger partial charge in [0.15, 0.2) is 11.5 Å². The molecule has 2 aromatic carbocycles. The summed E-state index contributed by atoms with van der Waals surface area (Å²) >= 11 is 6.32. The molecular weight excluding hydrogens is 392 g/mol. The molecule has 2 amide bonds. The van der Waals surface area contributed by atoms with Crippen molar-refractivity contribution < 1.29 is 19.1 Å². The number of hydrogen-bond donors (Lipinski definition) is 2. The lowest BCUT2D eigenvalue weighted by Crippen LogP contribution is -2.17. The third-order valence-corrected chi connectivity index (χ3v) is 4.16. The van der Waals surface area contributed by atoms with Crippen LogP contribution in [-0.2, 0) is 4.79 Å². The summed E-state index contributed by atoms with van der Waals surface area (Å²) in [6.45, 7) is 4.61. The molecule has 0 saturated carbocycles. The summed E-state index contributed by atoms with van der Waals surface area (Å²) in [5.74, 6) is 0.843. The average molecular weight is 417 g/mol. The molecule has 0 atom stereocenters. The summed E-state index contributed by atoms with van der Waals surface area (Å²) in [7, 11) is 3.10. The number of methoxy groups -OCH3 is 1. The lowest BCUT2D eigenvalue weighted by atomic mass is 10.1. The van der Waals surface area contributed by atoms with Crippen molar-refractivity contribution in [3.63, 3.8) is 0 Å². The Hall–Kier alpha value is -2.99. The van der Waals surface area contributed by atoms with Crippen LogP contribution in [0.5, 0.6) is 11.5 Å². The molecule has 0 spiro atoms. The molecule has 0 aromatic heterocycles. The van der Waals surface area contributed by atoms with Crippen molar-refractivity contribution in [1.82, 2.24) is 5.32 Å². The van der Waals surface area contributed by atoms with Gasteiger partial charge in [0, 0.05) is 24.4 Å².